The summed E-state index contributed by atoms with van der Waals surface area (Å²) in [7, 11) is 0. The normalized spacial score (nSPS) is 32.7. The molecule has 4 aliphatic heterocycles. The fraction of sp³-hybridized carbons (Fsp3) is 0.706. The van der Waals surface area contributed by atoms with Gasteiger partial charge >= 0.3 is 0 Å². The van der Waals surface area contributed by atoms with E-state index in [0.29, 0.717) is 23.9 Å². The maximum Gasteiger partial charge on any atom is 0.227 e. The molecule has 0 radical (unpaired) electrons. The molecule has 0 N–H and O–H groups in total. The Morgan fingerprint density at radius 1 is 0.571 bits per heavy atom. The average molecular weight is 573 g/mol. The van der Waals surface area contributed by atoms with E-state index in [1.165, 1.54) is 24.0 Å². The summed E-state index contributed by atoms with van der Waals surface area (Å²) in [6, 6.07) is 9.90. The van der Waals surface area contributed by atoms with Crippen molar-refractivity contribution in [2.24, 2.45) is 21.8 Å². The van der Waals surface area contributed by atoms with Crippen LogP contribution >= 0.6 is 0 Å². The molecular weight excluding hydrogens is 524 g/mol. The number of aliphatic imine (C=N–C) groups is 2. The number of piperidine rings is 2. The Morgan fingerprint density at radius 2 is 0.976 bits per heavy atom. The second-order valence-electron chi connectivity index (χ2n) is 13.7. The predicted molar refractivity (Wildman–Crippen MR) is 165 cm³/mol. The molecule has 6 aliphatic rings. The molecule has 4 heterocycles. The minimum Gasteiger partial charge on any atom is -0.353 e. The van der Waals surface area contributed by atoms with E-state index in [1.54, 1.807) is 0 Å². The first-order valence-electron chi connectivity index (χ1n) is 16.9. The molecule has 7 rings (SSSR count). The van der Waals surface area contributed by atoms with Crippen molar-refractivity contribution in [3.63, 3.8) is 0 Å². The lowest BCUT2D eigenvalue weighted by Gasteiger charge is -2.39. The lowest BCUT2D eigenvalue weighted by atomic mass is 9.80. The van der Waals surface area contributed by atoms with Crippen LogP contribution in [0, 0.1) is 11.8 Å². The Bertz CT molecular complexity index is 1080. The van der Waals surface area contributed by atoms with Crippen LogP contribution in [0.2, 0.25) is 0 Å². The molecule has 226 valence electrons. The van der Waals surface area contributed by atoms with Gasteiger partial charge in [0.15, 0.2) is 0 Å². The van der Waals surface area contributed by atoms with E-state index in [4.69, 9.17) is 9.98 Å². The van der Waals surface area contributed by atoms with Gasteiger partial charge in [0.05, 0.1) is 48.7 Å². The number of carbonyl (C=O) groups is 2. The molecule has 4 fully saturated rings. The fourth-order valence-corrected chi connectivity index (χ4v) is 8.66. The highest BCUT2D eigenvalue weighted by molar-refractivity contribution is 5.81. The molecule has 2 aliphatic carbocycles. The Labute approximate surface area is 251 Å². The number of hydrogen-bond donors (Lipinski definition) is 0. The van der Waals surface area contributed by atoms with E-state index in [2.05, 4.69) is 43.9 Å². The monoisotopic (exact) mass is 572 g/mol. The SMILES string of the molecule is O=C(C1CCCC2C1N=CN2Cc1ccc(CN2C=NC3C2CCC[C@H]3C(=O)N2CCCCC2)cc1)N1CCCCC1. The van der Waals surface area contributed by atoms with Gasteiger partial charge in [0.1, 0.15) is 0 Å². The molecule has 5 unspecified atom stereocenters. The van der Waals surface area contributed by atoms with E-state index in [0.717, 1.165) is 103 Å². The highest BCUT2D eigenvalue weighted by Gasteiger charge is 2.45. The van der Waals surface area contributed by atoms with Gasteiger partial charge in [-0.1, -0.05) is 37.1 Å². The summed E-state index contributed by atoms with van der Waals surface area (Å²) in [5.41, 5.74) is 2.57. The number of benzene rings is 1. The maximum absolute atomic E-state index is 13.4. The Morgan fingerprint density at radius 3 is 1.38 bits per heavy atom. The van der Waals surface area contributed by atoms with Crippen LogP contribution in [0.3, 0.4) is 0 Å². The molecule has 2 saturated heterocycles. The number of nitrogens with zero attached hydrogens (tertiary/aromatic N) is 6. The zero-order valence-electron chi connectivity index (χ0n) is 25.2. The van der Waals surface area contributed by atoms with Crippen molar-refractivity contribution in [2.75, 3.05) is 26.2 Å². The number of amides is 2. The first-order chi connectivity index (χ1) is 20.7. The summed E-state index contributed by atoms with van der Waals surface area (Å²) < 4.78 is 0. The molecule has 2 saturated carbocycles. The molecular formula is C34H48N6O2. The van der Waals surface area contributed by atoms with Gasteiger partial charge in [-0.2, -0.15) is 0 Å². The molecule has 0 spiro atoms. The van der Waals surface area contributed by atoms with Crippen LogP contribution in [0.25, 0.3) is 0 Å². The van der Waals surface area contributed by atoms with Crippen molar-refractivity contribution in [2.45, 2.75) is 114 Å². The number of fused-ring (bicyclic) bond motifs is 2. The van der Waals surface area contributed by atoms with Crippen molar-refractivity contribution in [3.05, 3.63) is 35.4 Å². The second-order valence-corrected chi connectivity index (χ2v) is 13.7. The van der Waals surface area contributed by atoms with Gasteiger partial charge in [-0.15, -0.1) is 0 Å². The molecule has 1 aromatic carbocycles. The minimum atomic E-state index is 0.0472. The maximum atomic E-state index is 13.4. The predicted octanol–water partition coefficient (Wildman–Crippen LogP) is 4.47. The fourth-order valence-electron chi connectivity index (χ4n) is 8.66. The summed E-state index contributed by atoms with van der Waals surface area (Å²) >= 11 is 0. The topological polar surface area (TPSA) is 71.8 Å². The zero-order chi connectivity index (χ0) is 28.5. The third-order valence-corrected chi connectivity index (χ3v) is 11.0. The van der Waals surface area contributed by atoms with Crippen LogP contribution < -0.4 is 0 Å². The van der Waals surface area contributed by atoms with Gasteiger partial charge in [-0.05, 0) is 75.3 Å². The summed E-state index contributed by atoms with van der Waals surface area (Å²) in [5, 5.41) is 0. The first kappa shape index (κ1) is 27.9. The van der Waals surface area contributed by atoms with Crippen molar-refractivity contribution in [3.8, 4) is 0 Å². The van der Waals surface area contributed by atoms with Crippen molar-refractivity contribution >= 4 is 24.5 Å². The van der Waals surface area contributed by atoms with Gasteiger partial charge < -0.3 is 19.6 Å². The first-order valence-corrected chi connectivity index (χ1v) is 16.9. The van der Waals surface area contributed by atoms with E-state index in [1.807, 2.05) is 12.7 Å². The molecule has 0 aromatic heterocycles. The lowest BCUT2D eigenvalue weighted by Crippen LogP contribution is -2.49. The molecule has 1 aromatic rings. The van der Waals surface area contributed by atoms with Crippen LogP contribution in [-0.2, 0) is 22.7 Å². The Kier molecular flexibility index (Phi) is 8.22. The quantitative estimate of drug-likeness (QED) is 0.504. The molecule has 8 nitrogen and oxygen atoms in total. The number of rotatable bonds is 6. The Balaban J connectivity index is 0.939. The largest absolute Gasteiger partial charge is 0.353 e. The molecule has 0 bridgehead atoms. The van der Waals surface area contributed by atoms with Crippen LogP contribution in [0.15, 0.2) is 34.3 Å². The third kappa shape index (κ3) is 5.58. The van der Waals surface area contributed by atoms with Gasteiger partial charge in [0, 0.05) is 39.3 Å². The second kappa shape index (κ2) is 12.4. The summed E-state index contributed by atoms with van der Waals surface area (Å²) in [4.78, 5) is 45.5. The van der Waals surface area contributed by atoms with Gasteiger partial charge in [0.2, 0.25) is 11.8 Å². The van der Waals surface area contributed by atoms with Crippen LogP contribution in [-0.4, -0.2) is 94.4 Å². The van der Waals surface area contributed by atoms with Crippen LogP contribution in [0.4, 0.5) is 0 Å². The lowest BCUT2D eigenvalue weighted by molar-refractivity contribution is -0.139. The number of carbonyl (C=O) groups excluding carboxylic acids is 2. The third-order valence-electron chi connectivity index (χ3n) is 11.0. The van der Waals surface area contributed by atoms with E-state index in [9.17, 15) is 9.59 Å². The van der Waals surface area contributed by atoms with Crippen molar-refractivity contribution in [1.82, 2.24) is 19.6 Å². The molecule has 2 amide bonds. The van der Waals surface area contributed by atoms with Crippen LogP contribution in [0.1, 0.15) is 88.2 Å². The van der Waals surface area contributed by atoms with Crippen molar-refractivity contribution < 1.29 is 9.59 Å². The highest BCUT2D eigenvalue weighted by Crippen LogP contribution is 2.37. The smallest absolute Gasteiger partial charge is 0.227 e. The summed E-state index contributed by atoms with van der Waals surface area (Å²) in [5.74, 6) is 0.790. The summed E-state index contributed by atoms with van der Waals surface area (Å²) in [6.07, 6.45) is 17.5. The van der Waals surface area contributed by atoms with E-state index < -0.39 is 0 Å². The number of likely N-dealkylation sites (tertiary alicyclic amines) is 2. The van der Waals surface area contributed by atoms with E-state index >= 15 is 0 Å². The molecule has 6 atom stereocenters. The van der Waals surface area contributed by atoms with Gasteiger partial charge in [0.25, 0.3) is 0 Å². The van der Waals surface area contributed by atoms with Gasteiger partial charge in [-0.3, -0.25) is 19.6 Å². The van der Waals surface area contributed by atoms with Crippen LogP contribution in [0.5, 0.6) is 0 Å². The number of hydrogen-bond acceptors (Lipinski definition) is 6. The highest BCUT2D eigenvalue weighted by atomic mass is 16.2. The van der Waals surface area contributed by atoms with Crippen molar-refractivity contribution in [1.29, 1.82) is 0 Å². The minimum absolute atomic E-state index is 0.0472. The van der Waals surface area contributed by atoms with E-state index in [-0.39, 0.29) is 23.9 Å². The Hall–Kier alpha value is -2.90. The standard InChI is InChI=1S/C34H48N6O2/c41-33(37-17-3-1-4-18-37)27-9-7-11-29-31(27)35-23-39(29)21-25-13-15-26(16-14-25)22-40-24-36-32-28(10-8-12-30(32)40)34(42)38-19-5-2-6-20-38/h13-16,23-24,27-32H,1-12,17-22H2/t27-,28?,29?,30?,31?,32?/m1/s1. The summed E-state index contributed by atoms with van der Waals surface area (Å²) in [6.45, 7) is 5.38. The molecule has 42 heavy (non-hydrogen) atoms. The average Bonchev–Trinajstić information content (AvgIpc) is 3.66. The molecule has 8 heteroatoms. The zero-order valence-corrected chi connectivity index (χ0v) is 25.2. The van der Waals surface area contributed by atoms with Gasteiger partial charge in [-0.25, -0.2) is 0 Å².